The van der Waals surface area contributed by atoms with Crippen LogP contribution in [0.4, 0.5) is 0 Å². The summed E-state index contributed by atoms with van der Waals surface area (Å²) in [7, 11) is 1.94. The molecule has 1 aromatic carbocycles. The molecule has 2 rings (SSSR count). The Bertz CT molecular complexity index is 534. The molecule has 2 aromatic rings. The molecule has 96 valence electrons. The van der Waals surface area contributed by atoms with Gasteiger partial charge in [-0.05, 0) is 26.5 Å². The second-order valence-electron chi connectivity index (χ2n) is 4.33. The molecule has 3 nitrogen and oxygen atoms in total. The maximum Gasteiger partial charge on any atom is 0.0837 e. The second kappa shape index (κ2) is 5.55. The maximum absolute atomic E-state index is 6.26. The summed E-state index contributed by atoms with van der Waals surface area (Å²) < 4.78 is 1.94. The van der Waals surface area contributed by atoms with Crippen molar-refractivity contribution < 1.29 is 0 Å². The van der Waals surface area contributed by atoms with Crippen LogP contribution in [0.3, 0.4) is 0 Å². The SMILES string of the molecule is CCn1ncc(Cl)c1C(NC)c1cccc(C)c1. The fourth-order valence-corrected chi connectivity index (χ4v) is 2.47. The average Bonchev–Trinajstić information content (AvgIpc) is 2.72. The van der Waals surface area contributed by atoms with Gasteiger partial charge in [-0.3, -0.25) is 4.68 Å². The van der Waals surface area contributed by atoms with E-state index in [0.717, 1.165) is 12.2 Å². The van der Waals surface area contributed by atoms with E-state index in [2.05, 4.69) is 48.5 Å². The fraction of sp³-hybridized carbons (Fsp3) is 0.357. The minimum Gasteiger partial charge on any atom is -0.308 e. The van der Waals surface area contributed by atoms with Gasteiger partial charge in [-0.1, -0.05) is 41.4 Å². The highest BCUT2D eigenvalue weighted by Crippen LogP contribution is 2.28. The molecular formula is C14H18ClN3. The van der Waals surface area contributed by atoms with Crippen molar-refractivity contribution in [2.75, 3.05) is 7.05 Å². The van der Waals surface area contributed by atoms with Gasteiger partial charge >= 0.3 is 0 Å². The molecule has 0 aliphatic rings. The number of rotatable bonds is 4. The number of hydrogen-bond donors (Lipinski definition) is 1. The van der Waals surface area contributed by atoms with Gasteiger partial charge in [0.05, 0.1) is 23.0 Å². The first-order valence-electron chi connectivity index (χ1n) is 6.12. The largest absolute Gasteiger partial charge is 0.308 e. The minimum absolute atomic E-state index is 0.0693. The summed E-state index contributed by atoms with van der Waals surface area (Å²) in [5.41, 5.74) is 3.47. The van der Waals surface area contributed by atoms with Crippen LogP contribution in [0.25, 0.3) is 0 Å². The molecule has 1 aromatic heterocycles. The Kier molecular flexibility index (Phi) is 4.04. The van der Waals surface area contributed by atoms with Crippen LogP contribution in [0.2, 0.25) is 5.02 Å². The van der Waals surface area contributed by atoms with Gasteiger partial charge in [0.1, 0.15) is 0 Å². The van der Waals surface area contributed by atoms with Crippen molar-refractivity contribution >= 4 is 11.6 Å². The van der Waals surface area contributed by atoms with Crippen LogP contribution in [0.5, 0.6) is 0 Å². The number of nitrogens with one attached hydrogen (secondary N) is 1. The second-order valence-corrected chi connectivity index (χ2v) is 4.74. The van der Waals surface area contributed by atoms with Crippen molar-refractivity contribution in [3.05, 3.63) is 52.3 Å². The molecule has 18 heavy (non-hydrogen) atoms. The summed E-state index contributed by atoms with van der Waals surface area (Å²) >= 11 is 6.26. The lowest BCUT2D eigenvalue weighted by Crippen LogP contribution is -2.21. The number of nitrogens with zero attached hydrogens (tertiary/aromatic N) is 2. The van der Waals surface area contributed by atoms with Gasteiger partial charge in [0.25, 0.3) is 0 Å². The summed E-state index contributed by atoms with van der Waals surface area (Å²) in [6.07, 6.45) is 1.71. The molecule has 4 heteroatoms. The van der Waals surface area contributed by atoms with Gasteiger partial charge in [0.2, 0.25) is 0 Å². The van der Waals surface area contributed by atoms with Gasteiger partial charge in [-0.2, -0.15) is 5.10 Å². The normalized spacial score (nSPS) is 12.7. The first-order chi connectivity index (χ1) is 8.67. The van der Waals surface area contributed by atoms with Crippen LogP contribution < -0.4 is 5.32 Å². The first-order valence-corrected chi connectivity index (χ1v) is 6.50. The van der Waals surface area contributed by atoms with E-state index in [4.69, 9.17) is 11.6 Å². The lowest BCUT2D eigenvalue weighted by molar-refractivity contribution is 0.563. The van der Waals surface area contributed by atoms with Crippen LogP contribution in [0, 0.1) is 6.92 Å². The molecule has 0 saturated heterocycles. The third-order valence-corrected chi connectivity index (χ3v) is 3.36. The Balaban J connectivity index is 2.48. The van der Waals surface area contributed by atoms with Gasteiger partial charge in [0.15, 0.2) is 0 Å². The van der Waals surface area contributed by atoms with Crippen molar-refractivity contribution in [2.24, 2.45) is 0 Å². The van der Waals surface area contributed by atoms with Gasteiger partial charge in [0, 0.05) is 6.54 Å². The van der Waals surface area contributed by atoms with Crippen LogP contribution in [-0.2, 0) is 6.54 Å². The molecule has 1 atom stereocenters. The van der Waals surface area contributed by atoms with E-state index < -0.39 is 0 Å². The van der Waals surface area contributed by atoms with Crippen LogP contribution in [-0.4, -0.2) is 16.8 Å². The average molecular weight is 264 g/mol. The standard InChI is InChI=1S/C14H18ClN3/c1-4-18-14(12(15)9-17-18)13(16-3)11-7-5-6-10(2)8-11/h5-9,13,16H,4H2,1-3H3. The monoisotopic (exact) mass is 263 g/mol. The lowest BCUT2D eigenvalue weighted by Gasteiger charge is -2.19. The maximum atomic E-state index is 6.26. The minimum atomic E-state index is 0.0693. The topological polar surface area (TPSA) is 29.9 Å². The molecule has 0 spiro atoms. The molecular weight excluding hydrogens is 246 g/mol. The summed E-state index contributed by atoms with van der Waals surface area (Å²) in [5, 5.41) is 8.32. The number of aryl methyl sites for hydroxylation is 2. The predicted octanol–water partition coefficient (Wildman–Crippen LogP) is 3.17. The van der Waals surface area contributed by atoms with E-state index in [-0.39, 0.29) is 6.04 Å². The summed E-state index contributed by atoms with van der Waals surface area (Å²) in [6, 6.07) is 8.51. The van der Waals surface area contributed by atoms with Crippen molar-refractivity contribution in [1.82, 2.24) is 15.1 Å². The number of benzene rings is 1. The fourth-order valence-electron chi connectivity index (χ4n) is 2.22. The number of halogens is 1. The third kappa shape index (κ3) is 2.42. The molecule has 0 aliphatic carbocycles. The Hall–Kier alpha value is -1.32. The zero-order valence-electron chi connectivity index (χ0n) is 10.9. The van der Waals surface area contributed by atoms with Crippen LogP contribution in [0.15, 0.2) is 30.5 Å². The highest BCUT2D eigenvalue weighted by Gasteiger charge is 2.20. The number of aromatic nitrogens is 2. The molecule has 1 heterocycles. The molecule has 1 N–H and O–H groups in total. The van der Waals surface area contributed by atoms with Gasteiger partial charge in [-0.25, -0.2) is 0 Å². The van der Waals surface area contributed by atoms with Crippen molar-refractivity contribution in [1.29, 1.82) is 0 Å². The molecule has 0 aliphatic heterocycles. The van der Waals surface area contributed by atoms with Crippen molar-refractivity contribution in [3.8, 4) is 0 Å². The summed E-state index contributed by atoms with van der Waals surface area (Å²) in [6.45, 7) is 4.97. The summed E-state index contributed by atoms with van der Waals surface area (Å²) in [4.78, 5) is 0. The molecule has 0 amide bonds. The Morgan fingerprint density at radius 3 is 2.83 bits per heavy atom. The van der Waals surface area contributed by atoms with E-state index >= 15 is 0 Å². The van der Waals surface area contributed by atoms with Gasteiger partial charge in [-0.15, -0.1) is 0 Å². The smallest absolute Gasteiger partial charge is 0.0837 e. The van der Waals surface area contributed by atoms with Crippen LogP contribution >= 0.6 is 11.6 Å². The molecule has 0 radical (unpaired) electrons. The van der Waals surface area contributed by atoms with Crippen molar-refractivity contribution in [3.63, 3.8) is 0 Å². The zero-order chi connectivity index (χ0) is 13.1. The third-order valence-electron chi connectivity index (χ3n) is 3.07. The zero-order valence-corrected chi connectivity index (χ0v) is 11.7. The van der Waals surface area contributed by atoms with Crippen molar-refractivity contribution in [2.45, 2.75) is 26.4 Å². The molecule has 0 fully saturated rings. The van der Waals surface area contributed by atoms with E-state index in [1.54, 1.807) is 6.20 Å². The highest BCUT2D eigenvalue weighted by molar-refractivity contribution is 6.31. The van der Waals surface area contributed by atoms with E-state index in [1.165, 1.54) is 11.1 Å². The molecule has 0 bridgehead atoms. The van der Waals surface area contributed by atoms with E-state index in [1.807, 2.05) is 11.7 Å². The van der Waals surface area contributed by atoms with Gasteiger partial charge < -0.3 is 5.32 Å². The van der Waals surface area contributed by atoms with Crippen LogP contribution in [0.1, 0.15) is 29.8 Å². The molecule has 0 saturated carbocycles. The Morgan fingerprint density at radius 2 is 2.22 bits per heavy atom. The Labute approximate surface area is 113 Å². The van der Waals surface area contributed by atoms with E-state index in [9.17, 15) is 0 Å². The highest BCUT2D eigenvalue weighted by atomic mass is 35.5. The van der Waals surface area contributed by atoms with E-state index in [0.29, 0.717) is 5.02 Å². The first kappa shape index (κ1) is 13.1. The summed E-state index contributed by atoms with van der Waals surface area (Å²) in [5.74, 6) is 0. The Morgan fingerprint density at radius 1 is 1.44 bits per heavy atom. The predicted molar refractivity (Wildman–Crippen MR) is 75.0 cm³/mol. The molecule has 1 unspecified atom stereocenters. The number of hydrogen-bond acceptors (Lipinski definition) is 2. The quantitative estimate of drug-likeness (QED) is 0.918. The lowest BCUT2D eigenvalue weighted by atomic mass is 10.0.